The lowest BCUT2D eigenvalue weighted by molar-refractivity contribution is -0.384. The lowest BCUT2D eigenvalue weighted by Gasteiger charge is -2.21. The van der Waals surface area contributed by atoms with Crippen LogP contribution >= 0.6 is 11.6 Å². The summed E-state index contributed by atoms with van der Waals surface area (Å²) in [5.41, 5.74) is 2.93. The Bertz CT molecular complexity index is 1460. The molecule has 38 heavy (non-hydrogen) atoms. The molecule has 0 aliphatic heterocycles. The van der Waals surface area contributed by atoms with Crippen molar-refractivity contribution in [3.63, 3.8) is 0 Å². The predicted octanol–water partition coefficient (Wildman–Crippen LogP) is 3.18. The third kappa shape index (κ3) is 8.28. The van der Waals surface area contributed by atoms with Gasteiger partial charge in [-0.15, -0.1) is 0 Å². The molecule has 14 heteroatoms. The molecule has 198 valence electrons. The fourth-order valence-corrected chi connectivity index (χ4v) is 4.09. The van der Waals surface area contributed by atoms with Gasteiger partial charge in [-0.1, -0.05) is 29.8 Å². The first kappa shape index (κ1) is 28.1. The zero-order chi connectivity index (χ0) is 27.7. The average Bonchev–Trinajstić information content (AvgIpc) is 2.87. The summed E-state index contributed by atoms with van der Waals surface area (Å²) in [5, 5.41) is 17.9. The number of halogens is 1. The normalized spacial score (nSPS) is 11.1. The van der Waals surface area contributed by atoms with Crippen molar-refractivity contribution in [2.24, 2.45) is 5.10 Å². The Kier molecular flexibility index (Phi) is 9.35. The van der Waals surface area contributed by atoms with Crippen molar-refractivity contribution >= 4 is 56.7 Å². The molecule has 0 aromatic heterocycles. The van der Waals surface area contributed by atoms with Crippen molar-refractivity contribution < 1.29 is 27.7 Å². The third-order valence-electron chi connectivity index (χ3n) is 4.82. The first-order valence-corrected chi connectivity index (χ1v) is 13.1. The molecule has 0 spiro atoms. The van der Waals surface area contributed by atoms with E-state index in [1.807, 2.05) is 0 Å². The Hall–Kier alpha value is -4.49. The molecule has 3 rings (SSSR count). The molecule has 0 atom stereocenters. The number of non-ortho nitro benzene ring substituents is 1. The Morgan fingerprint density at radius 1 is 1.08 bits per heavy atom. The van der Waals surface area contributed by atoms with Crippen LogP contribution in [0, 0.1) is 10.1 Å². The number of anilines is 2. The SMILES string of the molecule is CS(=O)(=O)N(CC(=O)N/N=C\c1ccc(OCC(=O)Nc2ccccc2Cl)cc1)c1cccc([N+](=O)[O-])c1. The second kappa shape index (κ2) is 12.7. The van der Waals surface area contributed by atoms with Crippen LogP contribution in [0.1, 0.15) is 5.56 Å². The van der Waals surface area contributed by atoms with Crippen molar-refractivity contribution in [2.45, 2.75) is 0 Å². The highest BCUT2D eigenvalue weighted by Crippen LogP contribution is 2.23. The molecule has 12 nitrogen and oxygen atoms in total. The van der Waals surface area contributed by atoms with E-state index in [1.54, 1.807) is 48.5 Å². The summed E-state index contributed by atoms with van der Waals surface area (Å²) in [5.74, 6) is -0.733. The Labute approximate surface area is 223 Å². The van der Waals surface area contributed by atoms with Crippen LogP contribution in [0.3, 0.4) is 0 Å². The minimum absolute atomic E-state index is 0.0306. The van der Waals surface area contributed by atoms with E-state index in [2.05, 4.69) is 15.8 Å². The number of nitro groups is 1. The number of hydrogen-bond donors (Lipinski definition) is 2. The number of benzene rings is 3. The molecule has 0 bridgehead atoms. The topological polar surface area (TPSA) is 160 Å². The van der Waals surface area contributed by atoms with Crippen LogP contribution in [0.4, 0.5) is 17.1 Å². The molecule has 0 saturated carbocycles. The van der Waals surface area contributed by atoms with Crippen LogP contribution in [0.25, 0.3) is 0 Å². The summed E-state index contributed by atoms with van der Waals surface area (Å²) in [7, 11) is -3.92. The highest BCUT2D eigenvalue weighted by Gasteiger charge is 2.22. The number of ether oxygens (including phenoxy) is 1. The van der Waals surface area contributed by atoms with Gasteiger partial charge in [0, 0.05) is 12.1 Å². The number of carbonyl (C=O) groups is 2. The zero-order valence-corrected chi connectivity index (χ0v) is 21.5. The van der Waals surface area contributed by atoms with E-state index in [0.717, 1.165) is 16.6 Å². The lowest BCUT2D eigenvalue weighted by Crippen LogP contribution is -2.39. The average molecular weight is 560 g/mol. The van der Waals surface area contributed by atoms with Gasteiger partial charge < -0.3 is 10.1 Å². The largest absolute Gasteiger partial charge is 0.484 e. The number of para-hydroxylation sites is 1. The quantitative estimate of drug-likeness (QED) is 0.207. The molecule has 0 fully saturated rings. The van der Waals surface area contributed by atoms with Gasteiger partial charge >= 0.3 is 0 Å². The van der Waals surface area contributed by atoms with Gasteiger partial charge in [-0.05, 0) is 48.0 Å². The van der Waals surface area contributed by atoms with Crippen LogP contribution in [0.5, 0.6) is 5.75 Å². The molecule has 0 aliphatic carbocycles. The van der Waals surface area contributed by atoms with Crippen molar-refractivity contribution in [2.75, 3.05) is 29.0 Å². The summed E-state index contributed by atoms with van der Waals surface area (Å²) in [6.07, 6.45) is 2.20. The number of rotatable bonds is 11. The molecule has 2 N–H and O–H groups in total. The molecular formula is C24H22ClN5O7S. The van der Waals surface area contributed by atoms with Crippen molar-refractivity contribution in [3.05, 3.63) is 93.5 Å². The molecular weight excluding hydrogens is 538 g/mol. The van der Waals surface area contributed by atoms with E-state index < -0.39 is 27.4 Å². The predicted molar refractivity (Wildman–Crippen MR) is 143 cm³/mol. The smallest absolute Gasteiger partial charge is 0.271 e. The van der Waals surface area contributed by atoms with E-state index in [4.69, 9.17) is 16.3 Å². The maximum atomic E-state index is 12.3. The molecule has 3 aromatic rings. The van der Waals surface area contributed by atoms with Crippen LogP contribution in [0.15, 0.2) is 77.9 Å². The van der Waals surface area contributed by atoms with Crippen LogP contribution in [-0.4, -0.2) is 50.8 Å². The Balaban J connectivity index is 1.53. The number of amides is 2. The number of nitro benzene ring substituents is 1. The fourth-order valence-electron chi connectivity index (χ4n) is 3.05. The molecule has 2 amide bonds. The highest BCUT2D eigenvalue weighted by atomic mass is 35.5. The monoisotopic (exact) mass is 559 g/mol. The van der Waals surface area contributed by atoms with Crippen molar-refractivity contribution in [3.8, 4) is 5.75 Å². The summed E-state index contributed by atoms with van der Waals surface area (Å²) in [6.45, 7) is -0.878. The molecule has 0 radical (unpaired) electrons. The third-order valence-corrected chi connectivity index (χ3v) is 6.29. The van der Waals surface area contributed by atoms with Gasteiger partial charge in [-0.3, -0.25) is 24.0 Å². The lowest BCUT2D eigenvalue weighted by atomic mass is 10.2. The van der Waals surface area contributed by atoms with Gasteiger partial charge in [0.15, 0.2) is 6.61 Å². The van der Waals surface area contributed by atoms with Gasteiger partial charge in [0.25, 0.3) is 17.5 Å². The molecule has 3 aromatic carbocycles. The van der Waals surface area contributed by atoms with Gasteiger partial charge in [0.05, 0.1) is 33.8 Å². The first-order chi connectivity index (χ1) is 18.0. The maximum Gasteiger partial charge on any atom is 0.271 e. The van der Waals surface area contributed by atoms with Gasteiger partial charge in [0.2, 0.25) is 10.0 Å². The van der Waals surface area contributed by atoms with Crippen molar-refractivity contribution in [1.29, 1.82) is 0 Å². The number of hydrogen-bond acceptors (Lipinski definition) is 8. The number of carbonyl (C=O) groups excluding carboxylic acids is 2. The molecule has 0 heterocycles. The van der Waals surface area contributed by atoms with E-state index >= 15 is 0 Å². The second-order valence-electron chi connectivity index (χ2n) is 7.73. The summed E-state index contributed by atoms with van der Waals surface area (Å²) >= 11 is 6.01. The first-order valence-electron chi connectivity index (χ1n) is 10.8. The van der Waals surface area contributed by atoms with Crippen LogP contribution in [0.2, 0.25) is 5.02 Å². The van der Waals surface area contributed by atoms with E-state index in [-0.39, 0.29) is 23.9 Å². The van der Waals surface area contributed by atoms with Gasteiger partial charge in [0.1, 0.15) is 12.3 Å². The molecule has 0 aliphatic rings. The Morgan fingerprint density at radius 2 is 1.79 bits per heavy atom. The Morgan fingerprint density at radius 3 is 2.45 bits per heavy atom. The number of nitrogens with zero attached hydrogens (tertiary/aromatic N) is 3. The van der Waals surface area contributed by atoms with Gasteiger partial charge in [-0.25, -0.2) is 13.8 Å². The van der Waals surface area contributed by atoms with Gasteiger partial charge in [-0.2, -0.15) is 5.10 Å². The number of hydrazone groups is 1. The van der Waals surface area contributed by atoms with Crippen molar-refractivity contribution in [1.82, 2.24) is 5.43 Å². The zero-order valence-electron chi connectivity index (χ0n) is 19.9. The van der Waals surface area contributed by atoms with E-state index in [1.165, 1.54) is 24.4 Å². The number of nitrogens with one attached hydrogen (secondary N) is 2. The standard InChI is InChI=1S/C24H22ClN5O7S/c1-38(35,36)29(18-5-4-6-19(13-18)30(33)34)15-23(31)28-26-14-17-9-11-20(12-10-17)37-16-24(32)27-22-8-3-2-7-21(22)25/h2-14H,15-16H2,1H3,(H,27,32)(H,28,31)/b26-14-. The highest BCUT2D eigenvalue weighted by molar-refractivity contribution is 7.92. The fraction of sp³-hybridized carbons (Fsp3) is 0.125. The summed E-state index contributed by atoms with van der Waals surface area (Å²) < 4.78 is 30.5. The second-order valence-corrected chi connectivity index (χ2v) is 10.0. The number of sulfonamides is 1. The van der Waals surface area contributed by atoms with Crippen LogP contribution in [-0.2, 0) is 19.6 Å². The summed E-state index contributed by atoms with van der Waals surface area (Å²) in [6, 6.07) is 18.2. The van der Waals surface area contributed by atoms with E-state index in [0.29, 0.717) is 22.0 Å². The van der Waals surface area contributed by atoms with Crippen LogP contribution < -0.4 is 19.8 Å². The minimum Gasteiger partial charge on any atom is -0.484 e. The molecule has 0 unspecified atom stereocenters. The minimum atomic E-state index is -3.92. The maximum absolute atomic E-state index is 12.3. The van der Waals surface area contributed by atoms with E-state index in [9.17, 15) is 28.1 Å². The molecule has 0 saturated heterocycles. The summed E-state index contributed by atoms with van der Waals surface area (Å²) in [4.78, 5) is 34.7.